The Morgan fingerprint density at radius 3 is 2.45 bits per heavy atom. The zero-order chi connectivity index (χ0) is 20.6. The van der Waals surface area contributed by atoms with Gasteiger partial charge >= 0.3 is 0 Å². The molecular formula is C20H17ClN4O4. The van der Waals surface area contributed by atoms with E-state index in [2.05, 4.69) is 20.8 Å². The molecule has 0 saturated heterocycles. The zero-order valence-electron chi connectivity index (χ0n) is 15.4. The lowest BCUT2D eigenvalue weighted by Gasteiger charge is -2.13. The predicted octanol–water partition coefficient (Wildman–Crippen LogP) is 2.79. The average Bonchev–Trinajstić information content (AvgIpc) is 2.77. The van der Waals surface area contributed by atoms with E-state index in [1.165, 1.54) is 31.8 Å². The lowest BCUT2D eigenvalue weighted by atomic mass is 10.2. The second kappa shape index (κ2) is 9.52. The monoisotopic (exact) mass is 412 g/mol. The lowest BCUT2D eigenvalue weighted by Crippen LogP contribution is -2.42. The van der Waals surface area contributed by atoms with Crippen LogP contribution < -0.4 is 20.3 Å². The maximum Gasteiger partial charge on any atom is 0.289 e. The van der Waals surface area contributed by atoms with Crippen molar-refractivity contribution in [2.75, 3.05) is 7.11 Å². The van der Waals surface area contributed by atoms with Crippen LogP contribution in [0.4, 0.5) is 0 Å². The topological polar surface area (TPSA) is 102 Å². The minimum absolute atomic E-state index is 0.0799. The summed E-state index contributed by atoms with van der Waals surface area (Å²) in [6.45, 7) is 0.313. The van der Waals surface area contributed by atoms with Crippen LogP contribution in [0.1, 0.15) is 26.4 Å². The molecule has 0 unspecified atom stereocenters. The summed E-state index contributed by atoms with van der Waals surface area (Å²) in [6, 6.07) is 12.0. The molecule has 1 aromatic heterocycles. The highest BCUT2D eigenvalue weighted by Crippen LogP contribution is 2.29. The molecule has 0 fully saturated rings. The van der Waals surface area contributed by atoms with E-state index < -0.39 is 11.8 Å². The fourth-order valence-corrected chi connectivity index (χ4v) is 2.46. The number of hydrazine groups is 1. The molecular weight excluding hydrogens is 396 g/mol. The number of methoxy groups -OCH3 is 1. The van der Waals surface area contributed by atoms with Crippen LogP contribution in [0.3, 0.4) is 0 Å². The van der Waals surface area contributed by atoms with E-state index in [1.807, 2.05) is 12.1 Å². The molecule has 9 heteroatoms. The molecule has 1 heterocycles. The second-order valence-electron chi connectivity index (χ2n) is 5.78. The Balaban J connectivity index is 1.62. The number of amides is 2. The Morgan fingerprint density at radius 2 is 1.76 bits per heavy atom. The van der Waals surface area contributed by atoms with Crippen molar-refractivity contribution in [3.63, 3.8) is 0 Å². The van der Waals surface area contributed by atoms with Crippen LogP contribution in [0.2, 0.25) is 5.02 Å². The van der Waals surface area contributed by atoms with E-state index in [4.69, 9.17) is 21.1 Å². The third-order valence-electron chi connectivity index (χ3n) is 3.82. The van der Waals surface area contributed by atoms with Crippen LogP contribution >= 0.6 is 11.6 Å². The number of rotatable bonds is 6. The molecule has 0 aliphatic heterocycles. The van der Waals surface area contributed by atoms with Gasteiger partial charge in [0, 0.05) is 23.0 Å². The predicted molar refractivity (Wildman–Crippen MR) is 106 cm³/mol. The molecule has 148 valence electrons. The fourth-order valence-electron chi connectivity index (χ4n) is 2.34. The van der Waals surface area contributed by atoms with Gasteiger partial charge in [0.15, 0.2) is 11.5 Å². The normalized spacial score (nSPS) is 10.1. The van der Waals surface area contributed by atoms with Gasteiger partial charge in [-0.3, -0.25) is 25.4 Å². The van der Waals surface area contributed by atoms with Gasteiger partial charge in [0.25, 0.3) is 11.8 Å². The van der Waals surface area contributed by atoms with Gasteiger partial charge in [-0.25, -0.2) is 4.98 Å². The molecule has 2 amide bonds. The SMILES string of the molecule is COc1cc(C(=O)NNC(=O)c2cnccn2)ccc1OCc1ccc(Cl)cc1. The largest absolute Gasteiger partial charge is 0.493 e. The molecule has 3 aromatic rings. The van der Waals surface area contributed by atoms with Crippen molar-refractivity contribution in [3.8, 4) is 11.5 Å². The van der Waals surface area contributed by atoms with E-state index in [-0.39, 0.29) is 11.3 Å². The van der Waals surface area contributed by atoms with Crippen molar-refractivity contribution in [1.29, 1.82) is 0 Å². The van der Waals surface area contributed by atoms with Gasteiger partial charge in [0.05, 0.1) is 13.3 Å². The van der Waals surface area contributed by atoms with Crippen LogP contribution in [0.5, 0.6) is 11.5 Å². The molecule has 0 spiro atoms. The molecule has 3 rings (SSSR count). The Labute approximate surface area is 171 Å². The number of nitrogens with zero attached hydrogens (tertiary/aromatic N) is 2. The Bertz CT molecular complexity index is 997. The van der Waals surface area contributed by atoms with Crippen LogP contribution in [0, 0.1) is 0 Å². The summed E-state index contributed by atoms with van der Waals surface area (Å²) in [5, 5.41) is 0.646. The summed E-state index contributed by atoms with van der Waals surface area (Å²) < 4.78 is 11.1. The van der Waals surface area contributed by atoms with Gasteiger partial charge < -0.3 is 9.47 Å². The number of aromatic nitrogens is 2. The summed E-state index contributed by atoms with van der Waals surface area (Å²) in [5.41, 5.74) is 5.89. The number of ether oxygens (including phenoxy) is 2. The van der Waals surface area contributed by atoms with E-state index in [0.29, 0.717) is 23.1 Å². The molecule has 0 atom stereocenters. The van der Waals surface area contributed by atoms with Crippen molar-refractivity contribution in [1.82, 2.24) is 20.8 Å². The van der Waals surface area contributed by atoms with Crippen molar-refractivity contribution >= 4 is 23.4 Å². The van der Waals surface area contributed by atoms with Crippen molar-refractivity contribution in [3.05, 3.63) is 82.9 Å². The number of hydrogen-bond donors (Lipinski definition) is 2. The first-order valence-corrected chi connectivity index (χ1v) is 8.86. The Kier molecular flexibility index (Phi) is 6.59. The fraction of sp³-hybridized carbons (Fsp3) is 0.100. The maximum atomic E-state index is 12.3. The number of nitrogens with one attached hydrogen (secondary N) is 2. The number of carbonyl (C=O) groups excluding carboxylic acids is 2. The summed E-state index contributed by atoms with van der Waals surface area (Å²) in [4.78, 5) is 31.9. The van der Waals surface area contributed by atoms with E-state index in [0.717, 1.165) is 5.56 Å². The third kappa shape index (κ3) is 5.43. The molecule has 2 N–H and O–H groups in total. The van der Waals surface area contributed by atoms with Gasteiger partial charge in [-0.15, -0.1) is 0 Å². The molecule has 0 aliphatic rings. The number of carbonyl (C=O) groups is 2. The first-order chi connectivity index (χ1) is 14.1. The van der Waals surface area contributed by atoms with Crippen molar-refractivity contribution in [2.24, 2.45) is 0 Å². The zero-order valence-corrected chi connectivity index (χ0v) is 16.1. The van der Waals surface area contributed by atoms with E-state index in [1.54, 1.807) is 24.3 Å². The minimum Gasteiger partial charge on any atom is -0.493 e. The van der Waals surface area contributed by atoms with Gasteiger partial charge in [-0.2, -0.15) is 0 Å². The molecule has 8 nitrogen and oxygen atoms in total. The standard InChI is InChI=1S/C20H17ClN4O4/c1-28-18-10-14(19(26)24-25-20(27)16-11-22-8-9-23-16)4-7-17(18)29-12-13-2-5-15(21)6-3-13/h2-11H,12H2,1H3,(H,24,26)(H,25,27). The van der Waals surface area contributed by atoms with E-state index in [9.17, 15) is 9.59 Å². The smallest absolute Gasteiger partial charge is 0.289 e. The average molecular weight is 413 g/mol. The second-order valence-corrected chi connectivity index (χ2v) is 6.22. The van der Waals surface area contributed by atoms with Crippen molar-refractivity contribution in [2.45, 2.75) is 6.61 Å². The van der Waals surface area contributed by atoms with Gasteiger partial charge in [0.2, 0.25) is 0 Å². The number of benzene rings is 2. The minimum atomic E-state index is -0.582. The highest BCUT2D eigenvalue weighted by molar-refractivity contribution is 6.30. The molecule has 29 heavy (non-hydrogen) atoms. The maximum absolute atomic E-state index is 12.3. The Morgan fingerprint density at radius 1 is 1.00 bits per heavy atom. The summed E-state index contributed by atoms with van der Waals surface area (Å²) in [5.74, 6) is -0.249. The van der Waals surface area contributed by atoms with Gasteiger partial charge in [0.1, 0.15) is 12.3 Å². The van der Waals surface area contributed by atoms with Crippen LogP contribution in [-0.2, 0) is 6.61 Å². The first-order valence-electron chi connectivity index (χ1n) is 8.49. The molecule has 0 aliphatic carbocycles. The quantitative estimate of drug-likeness (QED) is 0.603. The number of halogens is 1. The molecule has 0 saturated carbocycles. The highest BCUT2D eigenvalue weighted by Gasteiger charge is 2.13. The molecule has 2 aromatic carbocycles. The lowest BCUT2D eigenvalue weighted by molar-refractivity contribution is 0.0843. The van der Waals surface area contributed by atoms with Crippen LogP contribution in [0.15, 0.2) is 61.1 Å². The first kappa shape index (κ1) is 20.1. The Hall–Kier alpha value is -3.65. The molecule has 0 radical (unpaired) electrons. The molecule has 0 bridgehead atoms. The van der Waals surface area contributed by atoms with Crippen LogP contribution in [0.25, 0.3) is 0 Å². The van der Waals surface area contributed by atoms with Crippen molar-refractivity contribution < 1.29 is 19.1 Å². The van der Waals surface area contributed by atoms with E-state index >= 15 is 0 Å². The number of hydrogen-bond acceptors (Lipinski definition) is 6. The van der Waals surface area contributed by atoms with Crippen LogP contribution in [-0.4, -0.2) is 28.9 Å². The summed E-state index contributed by atoms with van der Waals surface area (Å²) >= 11 is 5.87. The summed E-state index contributed by atoms with van der Waals surface area (Å²) in [7, 11) is 1.47. The highest BCUT2D eigenvalue weighted by atomic mass is 35.5. The summed E-state index contributed by atoms with van der Waals surface area (Å²) in [6.07, 6.45) is 4.11. The third-order valence-corrected chi connectivity index (χ3v) is 4.07. The van der Waals surface area contributed by atoms with Gasteiger partial charge in [-0.05, 0) is 35.9 Å². The van der Waals surface area contributed by atoms with Gasteiger partial charge in [-0.1, -0.05) is 23.7 Å².